The Balaban J connectivity index is 2.06. The zero-order chi connectivity index (χ0) is 18.1. The van der Waals surface area contributed by atoms with Crippen LogP contribution in [-0.2, 0) is 22.7 Å². The summed E-state index contributed by atoms with van der Waals surface area (Å²) >= 11 is 0. The Bertz CT molecular complexity index is 789. The third-order valence-electron chi connectivity index (χ3n) is 3.24. The molecule has 0 bridgehead atoms. The summed E-state index contributed by atoms with van der Waals surface area (Å²) in [5.41, 5.74) is -1.03. The van der Waals surface area contributed by atoms with E-state index in [1.165, 1.54) is 13.1 Å². The molecule has 1 fully saturated rings. The topological polar surface area (TPSA) is 177 Å². The second-order valence-corrected chi connectivity index (χ2v) is 7.32. The van der Waals surface area contributed by atoms with Crippen LogP contribution in [0.15, 0.2) is 15.8 Å². The van der Waals surface area contributed by atoms with Crippen LogP contribution >= 0.6 is 16.1 Å². The molecular formula is C10H15N2O10P2+. The Morgan fingerprint density at radius 3 is 2.83 bits per heavy atom. The van der Waals surface area contributed by atoms with Gasteiger partial charge >= 0.3 is 21.8 Å². The summed E-state index contributed by atoms with van der Waals surface area (Å²) in [6, 6.07) is 0. The maximum Gasteiger partial charge on any atom is 0.705 e. The van der Waals surface area contributed by atoms with Crippen molar-refractivity contribution < 1.29 is 37.6 Å². The van der Waals surface area contributed by atoms with E-state index in [1.807, 2.05) is 0 Å². The molecule has 0 radical (unpaired) electrons. The van der Waals surface area contributed by atoms with Gasteiger partial charge in [0.05, 0.1) is 12.7 Å². The minimum absolute atomic E-state index is 0.0374. The number of nitrogens with one attached hydrogen (secondary N) is 1. The van der Waals surface area contributed by atoms with Crippen molar-refractivity contribution in [2.45, 2.75) is 31.8 Å². The molecule has 0 spiro atoms. The van der Waals surface area contributed by atoms with Gasteiger partial charge < -0.3 is 9.84 Å². The largest absolute Gasteiger partial charge is 0.705 e. The molecule has 3 unspecified atom stereocenters. The molecule has 0 aliphatic carbocycles. The highest BCUT2D eigenvalue weighted by Gasteiger charge is 2.40. The van der Waals surface area contributed by atoms with Gasteiger partial charge in [-0.1, -0.05) is 0 Å². The van der Waals surface area contributed by atoms with E-state index in [1.54, 1.807) is 0 Å². The predicted molar refractivity (Wildman–Crippen MR) is 77.3 cm³/mol. The highest BCUT2D eigenvalue weighted by atomic mass is 31.2. The predicted octanol–water partition coefficient (Wildman–Crippen LogP) is -0.723. The van der Waals surface area contributed by atoms with E-state index >= 15 is 0 Å². The van der Waals surface area contributed by atoms with Crippen LogP contribution < -0.4 is 11.2 Å². The minimum Gasteiger partial charge on any atom is -0.390 e. The molecule has 5 atom stereocenters. The van der Waals surface area contributed by atoms with E-state index < -0.39 is 52.4 Å². The van der Waals surface area contributed by atoms with Gasteiger partial charge in [0.25, 0.3) is 5.56 Å². The summed E-state index contributed by atoms with van der Waals surface area (Å²) in [5.74, 6) is 0. The van der Waals surface area contributed by atoms with E-state index in [-0.39, 0.29) is 12.0 Å². The number of aromatic amines is 1. The average Bonchev–Trinajstić information content (AvgIpc) is 2.80. The van der Waals surface area contributed by atoms with Crippen molar-refractivity contribution in [2.24, 2.45) is 0 Å². The number of ether oxygens (including phenoxy) is 1. The molecule has 4 N–H and O–H groups in total. The molecule has 0 amide bonds. The summed E-state index contributed by atoms with van der Waals surface area (Å²) in [5, 5.41) is 9.90. The number of aromatic nitrogens is 2. The number of nitrogens with zero attached hydrogens (tertiary/aromatic N) is 1. The quantitative estimate of drug-likeness (QED) is 0.457. The van der Waals surface area contributed by atoms with Crippen LogP contribution in [0.4, 0.5) is 0 Å². The Morgan fingerprint density at radius 2 is 2.21 bits per heavy atom. The van der Waals surface area contributed by atoms with E-state index in [4.69, 9.17) is 14.5 Å². The summed E-state index contributed by atoms with van der Waals surface area (Å²) in [7, 11) is -8.13. The van der Waals surface area contributed by atoms with Gasteiger partial charge in [0.15, 0.2) is 0 Å². The molecule has 14 heteroatoms. The van der Waals surface area contributed by atoms with Gasteiger partial charge in [-0.05, 0) is 11.2 Å². The van der Waals surface area contributed by atoms with E-state index in [9.17, 15) is 23.8 Å². The maximum atomic E-state index is 11.8. The van der Waals surface area contributed by atoms with Crippen molar-refractivity contribution in [1.82, 2.24) is 9.55 Å². The van der Waals surface area contributed by atoms with Gasteiger partial charge in [0.1, 0.15) is 12.3 Å². The molecule has 1 aliphatic heterocycles. The van der Waals surface area contributed by atoms with Gasteiger partial charge in [-0.3, -0.25) is 23.8 Å². The molecule has 0 saturated carbocycles. The first-order valence-electron chi connectivity index (χ1n) is 6.58. The van der Waals surface area contributed by atoms with Gasteiger partial charge in [-0.25, -0.2) is 9.36 Å². The lowest BCUT2D eigenvalue weighted by Gasteiger charge is -2.16. The summed E-state index contributed by atoms with van der Waals surface area (Å²) in [6.07, 6.45) is -1.93. The number of aliphatic hydroxyl groups is 1. The normalized spacial score (nSPS) is 27.0. The first-order valence-corrected chi connectivity index (χ1v) is 9.20. The number of phosphoric acid groups is 1. The average molecular weight is 385 g/mol. The van der Waals surface area contributed by atoms with E-state index in [2.05, 4.69) is 13.8 Å². The van der Waals surface area contributed by atoms with Crippen molar-refractivity contribution in [3.05, 3.63) is 32.6 Å². The zero-order valence-corrected chi connectivity index (χ0v) is 14.1. The molecular weight excluding hydrogens is 370 g/mol. The lowest BCUT2D eigenvalue weighted by atomic mass is 10.2. The lowest BCUT2D eigenvalue weighted by Crippen LogP contribution is -2.33. The third kappa shape index (κ3) is 4.65. The molecule has 2 rings (SSSR count). The van der Waals surface area contributed by atoms with Crippen LogP contribution in [0.5, 0.6) is 0 Å². The fourth-order valence-corrected chi connectivity index (χ4v) is 3.35. The fraction of sp³-hybridized carbons (Fsp3) is 0.600. The Labute approximate surface area is 135 Å². The first-order chi connectivity index (χ1) is 11.1. The van der Waals surface area contributed by atoms with Crippen molar-refractivity contribution in [3.63, 3.8) is 0 Å². The van der Waals surface area contributed by atoms with Crippen LogP contribution in [0.1, 0.15) is 18.2 Å². The number of phosphoric ester groups is 1. The van der Waals surface area contributed by atoms with Crippen molar-refractivity contribution in [3.8, 4) is 0 Å². The Hall–Kier alpha value is -1.23. The van der Waals surface area contributed by atoms with Gasteiger partial charge in [-0.15, -0.1) is 4.89 Å². The fourth-order valence-electron chi connectivity index (χ4n) is 2.12. The second kappa shape index (κ2) is 7.34. The van der Waals surface area contributed by atoms with Gasteiger partial charge in [-0.2, -0.15) is 0 Å². The first kappa shape index (κ1) is 19.1. The zero-order valence-electron chi connectivity index (χ0n) is 12.3. The molecule has 1 saturated heterocycles. The van der Waals surface area contributed by atoms with Gasteiger partial charge in [0, 0.05) is 22.7 Å². The highest BCUT2D eigenvalue weighted by molar-refractivity contribution is 7.55. The number of aryl methyl sites for hydroxylation is 1. The van der Waals surface area contributed by atoms with Crippen LogP contribution in [-0.4, -0.2) is 43.3 Å². The van der Waals surface area contributed by atoms with Crippen molar-refractivity contribution in [1.29, 1.82) is 0 Å². The standard InChI is InChI=1S/C10H14N2O10P2/c1-5-3-12(10(15)11-9(5)14)8-2-6(13)7(21-8)4-20-24(18,19)22-23(16)17/h3,6-8,13H,2,4H2,1H3,(H2-,11,14,15,16,17,18,19)/p+1/t6?,7-,8-/m1/s1. The maximum absolute atomic E-state index is 11.8. The van der Waals surface area contributed by atoms with Crippen LogP contribution in [0.25, 0.3) is 0 Å². The van der Waals surface area contributed by atoms with E-state index in [0.29, 0.717) is 0 Å². The summed E-state index contributed by atoms with van der Waals surface area (Å²) in [4.78, 5) is 42.8. The monoisotopic (exact) mass is 385 g/mol. The number of aliphatic hydroxyl groups excluding tert-OH is 1. The number of hydrogen-bond acceptors (Lipinski definition) is 8. The number of rotatable bonds is 6. The highest BCUT2D eigenvalue weighted by Crippen LogP contribution is 2.51. The molecule has 1 aromatic rings. The van der Waals surface area contributed by atoms with Crippen molar-refractivity contribution >= 4 is 16.1 Å². The van der Waals surface area contributed by atoms with Crippen molar-refractivity contribution in [2.75, 3.05) is 6.61 Å². The lowest BCUT2D eigenvalue weighted by molar-refractivity contribution is -0.0447. The van der Waals surface area contributed by atoms with Crippen LogP contribution in [0.2, 0.25) is 0 Å². The molecule has 24 heavy (non-hydrogen) atoms. The smallest absolute Gasteiger partial charge is 0.390 e. The number of H-pyrrole nitrogens is 1. The van der Waals surface area contributed by atoms with Gasteiger partial charge in [0.2, 0.25) is 0 Å². The Morgan fingerprint density at radius 1 is 1.54 bits per heavy atom. The molecule has 12 nitrogen and oxygen atoms in total. The van der Waals surface area contributed by atoms with Crippen LogP contribution in [0.3, 0.4) is 0 Å². The minimum atomic E-state index is -4.78. The molecule has 1 aliphatic rings. The summed E-state index contributed by atoms with van der Waals surface area (Å²) in [6.45, 7) is 0.863. The number of hydrogen-bond donors (Lipinski definition) is 4. The third-order valence-corrected chi connectivity index (χ3v) is 5.09. The second-order valence-electron chi connectivity index (χ2n) is 4.99. The molecule has 134 valence electrons. The molecule has 0 aromatic carbocycles. The SMILES string of the molecule is Cc1cn([C@H]2CC(O)[C@@H](COP(=O)(O)O[P+](=O)O)O2)c(=O)[nH]c1=O. The van der Waals surface area contributed by atoms with Crippen LogP contribution in [0, 0.1) is 6.92 Å². The molecule has 1 aromatic heterocycles. The molecule has 2 heterocycles. The Kier molecular flexibility index (Phi) is 5.84. The van der Waals surface area contributed by atoms with E-state index in [0.717, 1.165) is 4.57 Å². The summed E-state index contributed by atoms with van der Waals surface area (Å²) < 4.78 is 36.4.